The van der Waals surface area contributed by atoms with Crippen molar-refractivity contribution in [2.24, 2.45) is 0 Å². The average Bonchev–Trinajstić information content (AvgIpc) is 2.94. The van der Waals surface area contributed by atoms with Gasteiger partial charge in [-0.2, -0.15) is 0 Å². The van der Waals surface area contributed by atoms with Crippen LogP contribution in [0.4, 0.5) is 0 Å². The standard InChI is InChI=1S/C14H16BrN3O2S/c1-3-9(2)16-12(19)8-21-14-18-17-13(20-14)10-6-4-5-7-11(10)15/h4-7,9H,3,8H2,1-2H3,(H,16,19)/t9-/m1/s1. The molecule has 5 nitrogen and oxygen atoms in total. The van der Waals surface area contributed by atoms with Gasteiger partial charge in [0.2, 0.25) is 11.8 Å². The number of nitrogens with one attached hydrogen (secondary N) is 1. The molecule has 1 atom stereocenters. The Morgan fingerprint density at radius 1 is 1.43 bits per heavy atom. The summed E-state index contributed by atoms with van der Waals surface area (Å²) in [6, 6.07) is 7.79. The summed E-state index contributed by atoms with van der Waals surface area (Å²) in [5, 5.41) is 11.2. The largest absolute Gasteiger partial charge is 0.411 e. The van der Waals surface area contributed by atoms with Crippen molar-refractivity contribution in [1.29, 1.82) is 0 Å². The second kappa shape index (κ2) is 7.61. The molecular formula is C14H16BrN3O2S. The minimum absolute atomic E-state index is 0.0324. The minimum Gasteiger partial charge on any atom is -0.411 e. The molecule has 2 aromatic rings. The van der Waals surface area contributed by atoms with Crippen molar-refractivity contribution in [3.8, 4) is 11.5 Å². The molecule has 0 saturated heterocycles. The van der Waals surface area contributed by atoms with Crippen LogP contribution < -0.4 is 5.32 Å². The van der Waals surface area contributed by atoms with E-state index in [9.17, 15) is 4.79 Å². The zero-order valence-corrected chi connectivity index (χ0v) is 14.2. The minimum atomic E-state index is -0.0324. The molecule has 21 heavy (non-hydrogen) atoms. The van der Waals surface area contributed by atoms with Crippen LogP contribution in [0.5, 0.6) is 0 Å². The molecule has 0 aliphatic heterocycles. The predicted molar refractivity (Wildman–Crippen MR) is 86.1 cm³/mol. The third-order valence-corrected chi connectivity index (χ3v) is 4.37. The summed E-state index contributed by atoms with van der Waals surface area (Å²) < 4.78 is 6.45. The van der Waals surface area contributed by atoms with Crippen LogP contribution in [0.3, 0.4) is 0 Å². The van der Waals surface area contributed by atoms with Crippen LogP contribution in [-0.4, -0.2) is 27.9 Å². The van der Waals surface area contributed by atoms with E-state index in [1.807, 2.05) is 38.1 Å². The number of hydrogen-bond donors (Lipinski definition) is 1. The predicted octanol–water partition coefficient (Wildman–Crippen LogP) is 3.51. The lowest BCUT2D eigenvalue weighted by Crippen LogP contribution is -2.33. The second-order valence-electron chi connectivity index (χ2n) is 4.52. The molecule has 2 rings (SSSR count). The lowest BCUT2D eigenvalue weighted by Gasteiger charge is -2.09. The smallest absolute Gasteiger partial charge is 0.277 e. The first-order chi connectivity index (χ1) is 10.1. The Morgan fingerprint density at radius 2 is 2.19 bits per heavy atom. The lowest BCUT2D eigenvalue weighted by molar-refractivity contribution is -0.119. The second-order valence-corrected chi connectivity index (χ2v) is 6.30. The van der Waals surface area contributed by atoms with Crippen LogP contribution in [-0.2, 0) is 4.79 Å². The van der Waals surface area contributed by atoms with Crippen LogP contribution in [0.2, 0.25) is 0 Å². The van der Waals surface area contributed by atoms with Crippen LogP contribution in [0.25, 0.3) is 11.5 Å². The molecule has 1 N–H and O–H groups in total. The third kappa shape index (κ3) is 4.57. The van der Waals surface area contributed by atoms with Crippen molar-refractivity contribution < 1.29 is 9.21 Å². The Labute approximate surface area is 136 Å². The van der Waals surface area contributed by atoms with Crippen molar-refractivity contribution in [3.05, 3.63) is 28.7 Å². The molecule has 1 aromatic carbocycles. The normalized spacial score (nSPS) is 12.1. The number of halogens is 1. The average molecular weight is 370 g/mol. The number of amides is 1. The van der Waals surface area contributed by atoms with Gasteiger partial charge in [0, 0.05) is 10.5 Å². The summed E-state index contributed by atoms with van der Waals surface area (Å²) in [6.45, 7) is 4.00. The molecule has 0 unspecified atom stereocenters. The molecule has 1 amide bonds. The number of hydrogen-bond acceptors (Lipinski definition) is 5. The van der Waals surface area contributed by atoms with Crippen molar-refractivity contribution in [1.82, 2.24) is 15.5 Å². The van der Waals surface area contributed by atoms with Gasteiger partial charge in [-0.3, -0.25) is 4.79 Å². The van der Waals surface area contributed by atoms with E-state index in [2.05, 4.69) is 31.4 Å². The van der Waals surface area contributed by atoms with Crippen molar-refractivity contribution in [2.45, 2.75) is 31.5 Å². The zero-order chi connectivity index (χ0) is 15.2. The van der Waals surface area contributed by atoms with E-state index >= 15 is 0 Å². The van der Waals surface area contributed by atoms with E-state index in [1.54, 1.807) is 0 Å². The number of rotatable bonds is 6. The van der Waals surface area contributed by atoms with Gasteiger partial charge in [-0.1, -0.05) is 30.8 Å². The number of aromatic nitrogens is 2. The Balaban J connectivity index is 1.95. The highest BCUT2D eigenvalue weighted by Gasteiger charge is 2.13. The Morgan fingerprint density at radius 3 is 2.90 bits per heavy atom. The summed E-state index contributed by atoms with van der Waals surface area (Å²) >= 11 is 4.68. The Bertz CT molecular complexity index is 618. The van der Waals surface area contributed by atoms with Gasteiger partial charge in [-0.15, -0.1) is 10.2 Å². The van der Waals surface area contributed by atoms with Gasteiger partial charge in [-0.05, 0) is 41.4 Å². The molecule has 112 valence electrons. The third-order valence-electron chi connectivity index (χ3n) is 2.86. The van der Waals surface area contributed by atoms with Gasteiger partial charge in [0.25, 0.3) is 5.22 Å². The molecule has 0 saturated carbocycles. The summed E-state index contributed by atoms with van der Waals surface area (Å²) in [5.41, 5.74) is 0.834. The SMILES string of the molecule is CC[C@@H](C)NC(=O)CSc1nnc(-c2ccccc2Br)o1. The van der Waals surface area contributed by atoms with Gasteiger partial charge in [-0.25, -0.2) is 0 Å². The van der Waals surface area contributed by atoms with Crippen molar-refractivity contribution >= 4 is 33.6 Å². The van der Waals surface area contributed by atoms with E-state index < -0.39 is 0 Å². The maximum atomic E-state index is 11.7. The Hall–Kier alpha value is -1.34. The molecule has 0 radical (unpaired) electrons. The van der Waals surface area contributed by atoms with Crippen molar-refractivity contribution in [2.75, 3.05) is 5.75 Å². The van der Waals surface area contributed by atoms with Gasteiger partial charge in [0.1, 0.15) is 0 Å². The monoisotopic (exact) mass is 369 g/mol. The van der Waals surface area contributed by atoms with Gasteiger partial charge >= 0.3 is 0 Å². The van der Waals surface area contributed by atoms with E-state index in [1.165, 1.54) is 11.8 Å². The summed E-state index contributed by atoms with van der Waals surface area (Å²) in [6.07, 6.45) is 0.906. The highest BCUT2D eigenvalue weighted by Crippen LogP contribution is 2.28. The number of thioether (sulfide) groups is 1. The van der Waals surface area contributed by atoms with Gasteiger partial charge < -0.3 is 9.73 Å². The van der Waals surface area contributed by atoms with Crippen LogP contribution in [0.1, 0.15) is 20.3 Å². The first-order valence-corrected chi connectivity index (χ1v) is 8.38. The molecule has 0 aliphatic carbocycles. The zero-order valence-electron chi connectivity index (χ0n) is 11.8. The number of benzene rings is 1. The summed E-state index contributed by atoms with van der Waals surface area (Å²) in [4.78, 5) is 11.7. The van der Waals surface area contributed by atoms with E-state index in [-0.39, 0.29) is 17.7 Å². The molecule has 1 heterocycles. The summed E-state index contributed by atoms with van der Waals surface area (Å²) in [5.74, 6) is 0.671. The maximum absolute atomic E-state index is 11.7. The number of carbonyl (C=O) groups excluding carboxylic acids is 1. The first kappa shape index (κ1) is 16.0. The van der Waals surface area contributed by atoms with Gasteiger partial charge in [0.05, 0.1) is 11.3 Å². The molecule has 1 aromatic heterocycles. The molecule has 0 bridgehead atoms. The first-order valence-electron chi connectivity index (χ1n) is 6.60. The fourth-order valence-electron chi connectivity index (χ4n) is 1.56. The van der Waals surface area contributed by atoms with E-state index in [0.29, 0.717) is 11.1 Å². The molecule has 7 heteroatoms. The van der Waals surface area contributed by atoms with Crippen LogP contribution in [0, 0.1) is 0 Å². The fraction of sp³-hybridized carbons (Fsp3) is 0.357. The lowest BCUT2D eigenvalue weighted by atomic mass is 10.2. The van der Waals surface area contributed by atoms with Crippen LogP contribution >= 0.6 is 27.7 Å². The molecule has 0 aliphatic rings. The fourth-order valence-corrected chi connectivity index (χ4v) is 2.59. The Kier molecular flexibility index (Phi) is 5.81. The number of nitrogens with zero attached hydrogens (tertiary/aromatic N) is 2. The van der Waals surface area contributed by atoms with E-state index in [4.69, 9.17) is 4.42 Å². The molecular weight excluding hydrogens is 354 g/mol. The maximum Gasteiger partial charge on any atom is 0.277 e. The van der Waals surface area contributed by atoms with Crippen molar-refractivity contribution in [3.63, 3.8) is 0 Å². The van der Waals surface area contributed by atoms with Crippen LogP contribution in [0.15, 0.2) is 38.4 Å². The number of carbonyl (C=O) groups is 1. The molecule has 0 spiro atoms. The summed E-state index contributed by atoms with van der Waals surface area (Å²) in [7, 11) is 0. The van der Waals surface area contributed by atoms with E-state index in [0.717, 1.165) is 16.5 Å². The van der Waals surface area contributed by atoms with Gasteiger partial charge in [0.15, 0.2) is 0 Å². The quantitative estimate of drug-likeness (QED) is 0.789. The molecule has 0 fully saturated rings. The highest BCUT2D eigenvalue weighted by atomic mass is 79.9. The highest BCUT2D eigenvalue weighted by molar-refractivity contribution is 9.10. The topological polar surface area (TPSA) is 68.0 Å².